The van der Waals surface area contributed by atoms with Gasteiger partial charge in [0.05, 0.1) is 0 Å². The topological polar surface area (TPSA) is 46.2 Å². The Kier molecular flexibility index (Phi) is 4.38. The molecule has 0 aromatic heterocycles. The molecule has 0 saturated heterocycles. The Balaban J connectivity index is 2.84. The highest BCUT2D eigenvalue weighted by atomic mass is 79.9. The highest BCUT2D eigenvalue weighted by molar-refractivity contribution is 9.13. The zero-order valence-electron chi connectivity index (χ0n) is 7.00. The van der Waals surface area contributed by atoms with Crippen molar-refractivity contribution in [3.63, 3.8) is 0 Å². The fraction of sp³-hybridized carbons (Fsp3) is 0.333. The number of hydrogen-bond donors (Lipinski definition) is 2. The Hall–Kier alpha value is 0.1000. The van der Waals surface area contributed by atoms with Gasteiger partial charge in [-0.1, -0.05) is 6.07 Å². The lowest BCUT2D eigenvalue weighted by Crippen LogP contribution is -2.11. The molecule has 0 bridgehead atoms. The summed E-state index contributed by atoms with van der Waals surface area (Å²) >= 11 is 6.78. The van der Waals surface area contributed by atoms with Gasteiger partial charge in [-0.15, -0.1) is 0 Å². The van der Waals surface area contributed by atoms with Gasteiger partial charge in [0.2, 0.25) is 0 Å². The van der Waals surface area contributed by atoms with E-state index < -0.39 is 0 Å². The fourth-order valence-electron chi connectivity index (χ4n) is 1.05. The van der Waals surface area contributed by atoms with Crippen molar-refractivity contribution in [3.05, 3.63) is 32.7 Å². The third-order valence-electron chi connectivity index (χ3n) is 1.81. The normalized spacial score (nSPS) is 12.9. The highest BCUT2D eigenvalue weighted by Crippen LogP contribution is 2.26. The molecule has 0 aliphatic carbocycles. The van der Waals surface area contributed by atoms with E-state index in [-0.39, 0.29) is 12.6 Å². The molecule has 0 spiro atoms. The molecule has 0 fully saturated rings. The van der Waals surface area contributed by atoms with Gasteiger partial charge < -0.3 is 10.8 Å². The van der Waals surface area contributed by atoms with Gasteiger partial charge in [-0.25, -0.2) is 0 Å². The van der Waals surface area contributed by atoms with Crippen LogP contribution in [-0.4, -0.2) is 11.7 Å². The molecule has 1 rings (SSSR count). The van der Waals surface area contributed by atoms with Gasteiger partial charge in [-0.2, -0.15) is 0 Å². The lowest BCUT2D eigenvalue weighted by Gasteiger charge is -2.10. The van der Waals surface area contributed by atoms with E-state index in [4.69, 9.17) is 10.8 Å². The van der Waals surface area contributed by atoms with Crippen molar-refractivity contribution in [2.24, 2.45) is 5.73 Å². The molecule has 72 valence electrons. The quantitative estimate of drug-likeness (QED) is 0.901. The van der Waals surface area contributed by atoms with Crippen LogP contribution in [0.15, 0.2) is 27.1 Å². The third-order valence-corrected chi connectivity index (χ3v) is 3.69. The maximum atomic E-state index is 8.72. The van der Waals surface area contributed by atoms with Crippen LogP contribution in [-0.2, 0) is 0 Å². The first-order valence-corrected chi connectivity index (χ1v) is 5.55. The van der Waals surface area contributed by atoms with Gasteiger partial charge in [0.25, 0.3) is 0 Å². The predicted octanol–water partition coefficient (Wildman–Crippen LogP) is 2.59. The average molecular weight is 309 g/mol. The second-order valence-electron chi connectivity index (χ2n) is 2.79. The van der Waals surface area contributed by atoms with Gasteiger partial charge in [-0.05, 0) is 56.0 Å². The summed E-state index contributed by atoms with van der Waals surface area (Å²) in [5.74, 6) is 0. The molecule has 1 atom stereocenters. The van der Waals surface area contributed by atoms with E-state index >= 15 is 0 Å². The zero-order valence-corrected chi connectivity index (χ0v) is 10.2. The minimum atomic E-state index is -0.0885. The van der Waals surface area contributed by atoms with Gasteiger partial charge in [-0.3, -0.25) is 0 Å². The Morgan fingerprint density at radius 1 is 1.31 bits per heavy atom. The van der Waals surface area contributed by atoms with Crippen LogP contribution in [0.2, 0.25) is 0 Å². The Bertz CT molecular complexity index is 291. The van der Waals surface area contributed by atoms with Crippen molar-refractivity contribution >= 4 is 31.9 Å². The minimum absolute atomic E-state index is 0.0885. The van der Waals surface area contributed by atoms with Crippen molar-refractivity contribution in [2.75, 3.05) is 6.61 Å². The maximum Gasteiger partial charge on any atom is 0.0449 e. The van der Waals surface area contributed by atoms with Crippen molar-refractivity contribution in [1.29, 1.82) is 0 Å². The fourth-order valence-corrected chi connectivity index (χ4v) is 1.69. The van der Waals surface area contributed by atoms with Crippen LogP contribution in [0.25, 0.3) is 0 Å². The van der Waals surface area contributed by atoms with Crippen LogP contribution in [0, 0.1) is 0 Å². The maximum absolute atomic E-state index is 8.72. The summed E-state index contributed by atoms with van der Waals surface area (Å²) in [4.78, 5) is 0. The van der Waals surface area contributed by atoms with E-state index in [0.29, 0.717) is 6.42 Å². The number of benzene rings is 1. The smallest absolute Gasteiger partial charge is 0.0449 e. The summed E-state index contributed by atoms with van der Waals surface area (Å²) in [5.41, 5.74) is 6.86. The molecule has 1 aromatic rings. The number of hydrogen-bond acceptors (Lipinski definition) is 2. The summed E-state index contributed by atoms with van der Waals surface area (Å²) in [6, 6.07) is 5.77. The molecule has 0 saturated carbocycles. The molecule has 1 aromatic carbocycles. The zero-order chi connectivity index (χ0) is 9.84. The van der Waals surface area contributed by atoms with Crippen molar-refractivity contribution in [3.8, 4) is 0 Å². The molecule has 4 heteroatoms. The molecule has 13 heavy (non-hydrogen) atoms. The minimum Gasteiger partial charge on any atom is -0.396 e. The molecule has 1 unspecified atom stereocenters. The van der Waals surface area contributed by atoms with Crippen LogP contribution in [0.5, 0.6) is 0 Å². The Labute approximate surface area is 94.4 Å². The van der Waals surface area contributed by atoms with Crippen LogP contribution >= 0.6 is 31.9 Å². The standard InChI is InChI=1S/C9H11Br2NO/c10-7-2-1-6(5-8(7)11)9(12)3-4-13/h1-2,5,9,13H,3-4,12H2. The van der Waals surface area contributed by atoms with E-state index in [1.54, 1.807) is 0 Å². The van der Waals surface area contributed by atoms with Crippen LogP contribution in [0.1, 0.15) is 18.0 Å². The molecule has 3 N–H and O–H groups in total. The summed E-state index contributed by atoms with van der Waals surface area (Å²) in [7, 11) is 0. The van der Waals surface area contributed by atoms with E-state index in [1.165, 1.54) is 0 Å². The molecule has 0 radical (unpaired) electrons. The number of aliphatic hydroxyl groups is 1. The monoisotopic (exact) mass is 307 g/mol. The lowest BCUT2D eigenvalue weighted by atomic mass is 10.1. The lowest BCUT2D eigenvalue weighted by molar-refractivity contribution is 0.276. The first-order valence-electron chi connectivity index (χ1n) is 3.96. The largest absolute Gasteiger partial charge is 0.396 e. The summed E-state index contributed by atoms with van der Waals surface area (Å²) in [6.07, 6.45) is 0.591. The van der Waals surface area contributed by atoms with Crippen LogP contribution < -0.4 is 5.73 Å². The van der Waals surface area contributed by atoms with Crippen LogP contribution in [0.4, 0.5) is 0 Å². The summed E-state index contributed by atoms with van der Waals surface area (Å²) in [5, 5.41) is 8.72. The molecular formula is C9H11Br2NO. The number of halogens is 2. The van der Waals surface area contributed by atoms with Gasteiger partial charge >= 0.3 is 0 Å². The number of rotatable bonds is 3. The second kappa shape index (κ2) is 5.10. The average Bonchev–Trinajstić information content (AvgIpc) is 2.10. The molecular weight excluding hydrogens is 298 g/mol. The number of nitrogens with two attached hydrogens (primary N) is 1. The predicted molar refractivity (Wildman–Crippen MR) is 60.5 cm³/mol. The Morgan fingerprint density at radius 2 is 2.00 bits per heavy atom. The second-order valence-corrected chi connectivity index (χ2v) is 4.50. The van der Waals surface area contributed by atoms with Gasteiger partial charge in [0, 0.05) is 21.6 Å². The molecule has 0 heterocycles. The number of aliphatic hydroxyl groups excluding tert-OH is 1. The van der Waals surface area contributed by atoms with Crippen LogP contribution in [0.3, 0.4) is 0 Å². The highest BCUT2D eigenvalue weighted by Gasteiger charge is 2.06. The molecule has 0 amide bonds. The SMILES string of the molecule is NC(CCO)c1ccc(Br)c(Br)c1. The van der Waals surface area contributed by atoms with E-state index in [2.05, 4.69) is 31.9 Å². The van der Waals surface area contributed by atoms with E-state index in [1.807, 2.05) is 18.2 Å². The van der Waals surface area contributed by atoms with E-state index in [9.17, 15) is 0 Å². The van der Waals surface area contributed by atoms with Gasteiger partial charge in [0.15, 0.2) is 0 Å². The Morgan fingerprint density at radius 3 is 2.54 bits per heavy atom. The van der Waals surface area contributed by atoms with E-state index in [0.717, 1.165) is 14.5 Å². The van der Waals surface area contributed by atoms with Crippen molar-refractivity contribution in [2.45, 2.75) is 12.5 Å². The third kappa shape index (κ3) is 3.06. The molecule has 0 aliphatic rings. The van der Waals surface area contributed by atoms with Gasteiger partial charge in [0.1, 0.15) is 0 Å². The van der Waals surface area contributed by atoms with Crippen molar-refractivity contribution < 1.29 is 5.11 Å². The molecule has 2 nitrogen and oxygen atoms in total. The summed E-state index contributed by atoms with van der Waals surface area (Å²) in [6.45, 7) is 0.120. The first kappa shape index (κ1) is 11.2. The first-order chi connectivity index (χ1) is 6.15. The van der Waals surface area contributed by atoms with Crippen molar-refractivity contribution in [1.82, 2.24) is 0 Å². The molecule has 0 aliphatic heterocycles. The summed E-state index contributed by atoms with van der Waals surface area (Å²) < 4.78 is 1.99.